The summed E-state index contributed by atoms with van der Waals surface area (Å²) in [6.07, 6.45) is 3.45. The van der Waals surface area contributed by atoms with E-state index in [9.17, 15) is 4.79 Å². The molecule has 1 unspecified atom stereocenters. The smallest absolute Gasteiger partial charge is 0.264 e. The van der Waals surface area contributed by atoms with Gasteiger partial charge in [-0.2, -0.15) is 4.68 Å². The molecule has 0 saturated carbocycles. The zero-order valence-corrected chi connectivity index (χ0v) is 17.3. The Morgan fingerprint density at radius 1 is 1.14 bits per heavy atom. The molecule has 1 aliphatic heterocycles. The van der Waals surface area contributed by atoms with Gasteiger partial charge in [-0.3, -0.25) is 4.79 Å². The van der Waals surface area contributed by atoms with Crippen LogP contribution in [0.25, 0.3) is 5.69 Å². The van der Waals surface area contributed by atoms with Crippen molar-refractivity contribution in [3.8, 4) is 5.69 Å². The Morgan fingerprint density at radius 3 is 2.72 bits per heavy atom. The number of piperazine rings is 1. The molecule has 3 aromatic rings. The molecule has 1 aliphatic carbocycles. The van der Waals surface area contributed by atoms with Crippen LogP contribution in [0.1, 0.15) is 33.5 Å². The lowest BCUT2D eigenvalue weighted by atomic mass is 9.90. The standard InChI is InChI=1S/C21H24N6OS/c1-15-7-8-18-16(13-15)14-19(29-18)20(28)25-9-11-26(12-10-25)21-22-23-24-27(21)17-5-3-2-4-6-17/h2-6,14-15H,7-13H2,1H3. The molecule has 8 heteroatoms. The molecule has 1 aromatic carbocycles. The molecule has 1 saturated heterocycles. The third-order valence-corrected chi connectivity index (χ3v) is 7.07. The SMILES string of the molecule is CC1CCc2sc(C(=O)N3CCN(c4nnnn4-c4ccccc4)CC3)cc2C1. The van der Waals surface area contributed by atoms with Gasteiger partial charge in [-0.05, 0) is 59.4 Å². The predicted octanol–water partition coefficient (Wildman–Crippen LogP) is 2.81. The molecule has 3 heterocycles. The van der Waals surface area contributed by atoms with Crippen molar-refractivity contribution < 1.29 is 4.79 Å². The van der Waals surface area contributed by atoms with Crippen molar-refractivity contribution in [3.05, 3.63) is 51.7 Å². The van der Waals surface area contributed by atoms with Crippen LogP contribution in [0.2, 0.25) is 0 Å². The van der Waals surface area contributed by atoms with E-state index in [0.717, 1.165) is 48.4 Å². The number of anilines is 1. The van der Waals surface area contributed by atoms with Gasteiger partial charge in [-0.1, -0.05) is 30.2 Å². The predicted molar refractivity (Wildman–Crippen MR) is 113 cm³/mol. The van der Waals surface area contributed by atoms with E-state index in [-0.39, 0.29) is 5.91 Å². The Hall–Kier alpha value is -2.74. The van der Waals surface area contributed by atoms with Crippen LogP contribution < -0.4 is 4.90 Å². The first-order valence-corrected chi connectivity index (χ1v) is 11.0. The van der Waals surface area contributed by atoms with Crippen LogP contribution in [0.3, 0.4) is 0 Å². The van der Waals surface area contributed by atoms with E-state index in [1.165, 1.54) is 16.9 Å². The van der Waals surface area contributed by atoms with Gasteiger partial charge < -0.3 is 9.80 Å². The molecule has 2 aromatic heterocycles. The molecule has 29 heavy (non-hydrogen) atoms. The lowest BCUT2D eigenvalue weighted by molar-refractivity contribution is 0.0751. The van der Waals surface area contributed by atoms with Crippen molar-refractivity contribution in [2.24, 2.45) is 5.92 Å². The first-order valence-electron chi connectivity index (χ1n) is 10.2. The molecule has 0 N–H and O–H groups in total. The molecule has 5 rings (SSSR count). The van der Waals surface area contributed by atoms with Gasteiger partial charge in [0, 0.05) is 31.1 Å². The first kappa shape index (κ1) is 18.3. The number of hydrogen-bond donors (Lipinski definition) is 0. The number of fused-ring (bicyclic) bond motifs is 1. The maximum Gasteiger partial charge on any atom is 0.264 e. The van der Waals surface area contributed by atoms with Gasteiger partial charge in [0.1, 0.15) is 0 Å². The fraction of sp³-hybridized carbons (Fsp3) is 0.429. The van der Waals surface area contributed by atoms with Gasteiger partial charge in [0.25, 0.3) is 5.91 Å². The summed E-state index contributed by atoms with van der Waals surface area (Å²) in [6, 6.07) is 12.0. The molecule has 0 bridgehead atoms. The van der Waals surface area contributed by atoms with Crippen LogP contribution in [0.4, 0.5) is 5.95 Å². The van der Waals surface area contributed by atoms with E-state index in [0.29, 0.717) is 13.1 Å². The zero-order valence-electron chi connectivity index (χ0n) is 16.5. The van der Waals surface area contributed by atoms with Crippen LogP contribution in [0.5, 0.6) is 0 Å². The van der Waals surface area contributed by atoms with Crippen LogP contribution in [0, 0.1) is 5.92 Å². The highest BCUT2D eigenvalue weighted by Crippen LogP contribution is 2.33. The Bertz CT molecular complexity index is 1010. The molecule has 1 atom stereocenters. The minimum absolute atomic E-state index is 0.166. The summed E-state index contributed by atoms with van der Waals surface area (Å²) in [4.78, 5) is 19.5. The number of nitrogens with zero attached hydrogens (tertiary/aromatic N) is 6. The molecular formula is C21H24N6OS. The summed E-state index contributed by atoms with van der Waals surface area (Å²) in [5.41, 5.74) is 2.32. The van der Waals surface area contributed by atoms with E-state index in [4.69, 9.17) is 0 Å². The summed E-state index contributed by atoms with van der Waals surface area (Å²) in [5, 5.41) is 12.2. The number of aryl methyl sites for hydroxylation is 1. The second-order valence-electron chi connectivity index (χ2n) is 7.91. The zero-order chi connectivity index (χ0) is 19.8. The van der Waals surface area contributed by atoms with Crippen LogP contribution >= 0.6 is 11.3 Å². The number of para-hydroxylation sites is 1. The van der Waals surface area contributed by atoms with Crippen molar-refractivity contribution in [2.75, 3.05) is 31.1 Å². The minimum Gasteiger partial charge on any atom is -0.336 e. The highest BCUT2D eigenvalue weighted by molar-refractivity contribution is 7.14. The lowest BCUT2D eigenvalue weighted by Crippen LogP contribution is -2.49. The molecule has 1 fully saturated rings. The molecule has 1 amide bonds. The summed E-state index contributed by atoms with van der Waals surface area (Å²) < 4.78 is 1.76. The van der Waals surface area contributed by atoms with Gasteiger partial charge in [-0.25, -0.2) is 0 Å². The topological polar surface area (TPSA) is 67.2 Å². The lowest BCUT2D eigenvalue weighted by Gasteiger charge is -2.34. The summed E-state index contributed by atoms with van der Waals surface area (Å²) in [7, 11) is 0. The number of aromatic nitrogens is 4. The monoisotopic (exact) mass is 408 g/mol. The van der Waals surface area contributed by atoms with E-state index >= 15 is 0 Å². The number of carbonyl (C=O) groups is 1. The molecule has 7 nitrogen and oxygen atoms in total. The van der Waals surface area contributed by atoms with Gasteiger partial charge in [0.05, 0.1) is 10.6 Å². The highest BCUT2D eigenvalue weighted by Gasteiger charge is 2.28. The van der Waals surface area contributed by atoms with E-state index in [1.807, 2.05) is 35.2 Å². The van der Waals surface area contributed by atoms with Gasteiger partial charge in [-0.15, -0.1) is 11.3 Å². The molecule has 0 radical (unpaired) electrons. The van der Waals surface area contributed by atoms with Crippen molar-refractivity contribution >= 4 is 23.2 Å². The summed E-state index contributed by atoms with van der Waals surface area (Å²) in [6.45, 7) is 5.10. The molecule has 2 aliphatic rings. The molecule has 0 spiro atoms. The quantitative estimate of drug-likeness (QED) is 0.667. The largest absolute Gasteiger partial charge is 0.336 e. The fourth-order valence-electron chi connectivity index (χ4n) is 4.19. The first-order chi connectivity index (χ1) is 14.2. The average Bonchev–Trinajstić information content (AvgIpc) is 3.41. The van der Waals surface area contributed by atoms with Crippen molar-refractivity contribution in [3.63, 3.8) is 0 Å². The normalized spacial score (nSPS) is 19.3. The summed E-state index contributed by atoms with van der Waals surface area (Å²) >= 11 is 1.70. The highest BCUT2D eigenvalue weighted by atomic mass is 32.1. The third-order valence-electron chi connectivity index (χ3n) is 5.84. The number of rotatable bonds is 3. The van der Waals surface area contributed by atoms with Crippen LogP contribution in [-0.4, -0.2) is 57.2 Å². The van der Waals surface area contributed by atoms with Crippen molar-refractivity contribution in [2.45, 2.75) is 26.2 Å². The Labute approximate surface area is 173 Å². The second-order valence-corrected chi connectivity index (χ2v) is 9.05. The van der Waals surface area contributed by atoms with E-state index in [2.05, 4.69) is 33.4 Å². The van der Waals surface area contributed by atoms with Gasteiger partial charge >= 0.3 is 0 Å². The van der Waals surface area contributed by atoms with Crippen molar-refractivity contribution in [1.29, 1.82) is 0 Å². The summed E-state index contributed by atoms with van der Waals surface area (Å²) in [5.74, 6) is 1.61. The van der Waals surface area contributed by atoms with E-state index < -0.39 is 0 Å². The second kappa shape index (κ2) is 7.59. The minimum atomic E-state index is 0.166. The maximum absolute atomic E-state index is 13.1. The maximum atomic E-state index is 13.1. The molecule has 150 valence electrons. The van der Waals surface area contributed by atoms with Gasteiger partial charge in [0.15, 0.2) is 0 Å². The molecular weight excluding hydrogens is 384 g/mol. The number of tetrazole rings is 1. The Kier molecular flexibility index (Phi) is 4.79. The Morgan fingerprint density at radius 2 is 1.93 bits per heavy atom. The number of amides is 1. The number of benzene rings is 1. The fourth-order valence-corrected chi connectivity index (χ4v) is 5.37. The van der Waals surface area contributed by atoms with E-state index in [1.54, 1.807) is 16.0 Å². The number of carbonyl (C=O) groups excluding carboxylic acids is 1. The average molecular weight is 409 g/mol. The number of hydrogen-bond acceptors (Lipinski definition) is 6. The number of thiophene rings is 1. The van der Waals surface area contributed by atoms with Crippen molar-refractivity contribution in [1.82, 2.24) is 25.1 Å². The van der Waals surface area contributed by atoms with Crippen LogP contribution in [0.15, 0.2) is 36.4 Å². The Balaban J connectivity index is 1.27. The third kappa shape index (κ3) is 3.53. The van der Waals surface area contributed by atoms with Gasteiger partial charge in [0.2, 0.25) is 5.95 Å². The van der Waals surface area contributed by atoms with Crippen LogP contribution in [-0.2, 0) is 12.8 Å².